The van der Waals surface area contributed by atoms with E-state index in [1.165, 1.54) is 0 Å². The summed E-state index contributed by atoms with van der Waals surface area (Å²) in [5, 5.41) is 0.157. The zero-order valence-electron chi connectivity index (χ0n) is 23.4. The molecule has 1 saturated heterocycles. The number of benzene rings is 1. The Bertz CT molecular complexity index is 1010. The van der Waals surface area contributed by atoms with E-state index in [-0.39, 0.29) is 10.1 Å². The van der Waals surface area contributed by atoms with Crippen molar-refractivity contribution >= 4 is 26.8 Å². The molecule has 0 bridgehead atoms. The van der Waals surface area contributed by atoms with Gasteiger partial charge in [-0.3, -0.25) is 4.31 Å². The van der Waals surface area contributed by atoms with Crippen LogP contribution in [0.2, 0.25) is 36.3 Å². The predicted molar refractivity (Wildman–Crippen MR) is 149 cm³/mol. The van der Waals surface area contributed by atoms with Crippen molar-refractivity contribution in [3.63, 3.8) is 0 Å². The topological polar surface area (TPSA) is 59.1 Å². The van der Waals surface area contributed by atoms with Crippen LogP contribution in [-0.2, 0) is 25.6 Å². The molecule has 0 aromatic heterocycles. The molecule has 2 aliphatic rings. The average Bonchev–Trinajstić information content (AvgIpc) is 3.19. The first-order chi connectivity index (χ1) is 15.8. The summed E-state index contributed by atoms with van der Waals surface area (Å²) in [5.41, 5.74) is 1.36. The molecular formula is C26H46N2O4SSi2. The van der Waals surface area contributed by atoms with E-state index in [4.69, 9.17) is 8.85 Å². The van der Waals surface area contributed by atoms with Gasteiger partial charge in [0.15, 0.2) is 16.6 Å². The fraction of sp³-hybridized carbons (Fsp3) is 0.692. The fourth-order valence-corrected chi connectivity index (χ4v) is 7.71. The molecule has 0 amide bonds. The molecule has 1 fully saturated rings. The smallest absolute Gasteiger partial charge is 0.304 e. The Morgan fingerprint density at radius 3 is 1.80 bits per heavy atom. The lowest BCUT2D eigenvalue weighted by molar-refractivity contribution is 0.102. The lowest BCUT2D eigenvalue weighted by atomic mass is 9.92. The Labute approximate surface area is 216 Å². The Balaban J connectivity index is 1.88. The molecule has 0 aliphatic carbocycles. The zero-order valence-corrected chi connectivity index (χ0v) is 26.3. The standard InChI is InChI=1S/C26H46N2O4SSi2/c1-24(2,3)34(7,8)31-20-26(21-32-35(9,10)25(4,5)6)16-23-18-27(33(29,30)28(23)19-26)17-22-14-12-11-13-15-22/h11-16H,17-21H2,1-10H3. The predicted octanol–water partition coefficient (Wildman–Crippen LogP) is 5.98. The second kappa shape index (κ2) is 9.40. The van der Waals surface area contributed by atoms with Crippen LogP contribution in [0.3, 0.4) is 0 Å². The van der Waals surface area contributed by atoms with Crippen LogP contribution < -0.4 is 0 Å². The summed E-state index contributed by atoms with van der Waals surface area (Å²) in [4.78, 5) is 0. The minimum atomic E-state index is -3.59. The van der Waals surface area contributed by atoms with Gasteiger partial charge >= 0.3 is 10.2 Å². The molecular weight excluding hydrogens is 493 g/mol. The Hall–Kier alpha value is -0.976. The molecule has 9 heteroatoms. The van der Waals surface area contributed by atoms with E-state index in [9.17, 15) is 8.42 Å². The third kappa shape index (κ3) is 5.96. The van der Waals surface area contributed by atoms with Crippen LogP contribution in [0.1, 0.15) is 47.1 Å². The third-order valence-corrected chi connectivity index (χ3v) is 19.2. The van der Waals surface area contributed by atoms with E-state index in [1.54, 1.807) is 8.61 Å². The van der Waals surface area contributed by atoms with E-state index in [0.29, 0.717) is 32.8 Å². The first kappa shape index (κ1) is 28.6. The molecule has 0 saturated carbocycles. The van der Waals surface area contributed by atoms with Crippen molar-refractivity contribution in [2.45, 2.75) is 84.4 Å². The van der Waals surface area contributed by atoms with Gasteiger partial charge in [-0.2, -0.15) is 12.7 Å². The highest BCUT2D eigenvalue weighted by Gasteiger charge is 2.52. The molecule has 0 N–H and O–H groups in total. The van der Waals surface area contributed by atoms with Gasteiger partial charge in [0, 0.05) is 32.0 Å². The van der Waals surface area contributed by atoms with Crippen LogP contribution in [0, 0.1) is 5.41 Å². The van der Waals surface area contributed by atoms with Crippen LogP contribution in [0.4, 0.5) is 0 Å². The van der Waals surface area contributed by atoms with Crippen molar-refractivity contribution in [2.24, 2.45) is 5.41 Å². The van der Waals surface area contributed by atoms with E-state index >= 15 is 0 Å². The molecule has 1 aromatic rings. The lowest BCUT2D eigenvalue weighted by Crippen LogP contribution is -2.49. The highest BCUT2D eigenvalue weighted by molar-refractivity contribution is 7.87. The molecule has 3 rings (SSSR count). The van der Waals surface area contributed by atoms with Gasteiger partial charge in [-0.25, -0.2) is 0 Å². The van der Waals surface area contributed by atoms with Crippen molar-refractivity contribution in [1.82, 2.24) is 8.61 Å². The third-order valence-electron chi connectivity index (χ3n) is 8.45. The molecule has 2 aliphatic heterocycles. The van der Waals surface area contributed by atoms with E-state index in [1.807, 2.05) is 30.3 Å². The first-order valence-corrected chi connectivity index (χ1v) is 19.8. The minimum absolute atomic E-state index is 0.0783. The number of nitrogens with zero attached hydrogens (tertiary/aromatic N) is 2. The zero-order chi connectivity index (χ0) is 26.5. The average molecular weight is 539 g/mol. The quantitative estimate of drug-likeness (QED) is 0.382. The first-order valence-electron chi connectivity index (χ1n) is 12.6. The maximum absolute atomic E-state index is 13.5. The molecule has 0 atom stereocenters. The van der Waals surface area contributed by atoms with Gasteiger partial charge in [0.2, 0.25) is 0 Å². The lowest BCUT2D eigenvalue weighted by Gasteiger charge is -2.42. The molecule has 35 heavy (non-hydrogen) atoms. The number of rotatable bonds is 8. The molecule has 1 aromatic carbocycles. The van der Waals surface area contributed by atoms with Crippen LogP contribution in [0.15, 0.2) is 42.1 Å². The van der Waals surface area contributed by atoms with Crippen molar-refractivity contribution in [1.29, 1.82) is 0 Å². The van der Waals surface area contributed by atoms with Gasteiger partial charge in [-0.05, 0) is 41.8 Å². The van der Waals surface area contributed by atoms with Crippen LogP contribution in [0.5, 0.6) is 0 Å². The van der Waals surface area contributed by atoms with Gasteiger partial charge in [-0.15, -0.1) is 0 Å². The maximum Gasteiger partial charge on any atom is 0.304 e. The summed E-state index contributed by atoms with van der Waals surface area (Å²) in [6, 6.07) is 9.77. The molecule has 6 nitrogen and oxygen atoms in total. The van der Waals surface area contributed by atoms with E-state index in [2.05, 4.69) is 73.8 Å². The second-order valence-electron chi connectivity index (χ2n) is 13.4. The van der Waals surface area contributed by atoms with Gasteiger partial charge in [-0.1, -0.05) is 78.0 Å². The van der Waals surface area contributed by atoms with Gasteiger partial charge in [0.25, 0.3) is 0 Å². The second-order valence-corrected chi connectivity index (χ2v) is 24.8. The normalized spacial score (nSPS) is 20.7. The molecule has 0 radical (unpaired) electrons. The highest BCUT2D eigenvalue weighted by atomic mass is 32.2. The van der Waals surface area contributed by atoms with Gasteiger partial charge in [0.05, 0.1) is 12.0 Å². The van der Waals surface area contributed by atoms with Gasteiger partial charge < -0.3 is 8.85 Å². The number of hydrogen-bond acceptors (Lipinski definition) is 4. The summed E-state index contributed by atoms with van der Waals surface area (Å²) in [5.74, 6) is 0. The van der Waals surface area contributed by atoms with Gasteiger partial charge in [0.1, 0.15) is 0 Å². The number of hydrogen-bond donors (Lipinski definition) is 0. The maximum atomic E-state index is 13.5. The van der Waals surface area contributed by atoms with E-state index in [0.717, 1.165) is 11.3 Å². The Morgan fingerprint density at radius 1 is 0.886 bits per heavy atom. The highest BCUT2D eigenvalue weighted by Crippen LogP contribution is 2.45. The molecule has 0 unspecified atom stereocenters. The SMILES string of the molecule is CC(C)(C)[Si](C)(C)OCC1(CO[Si](C)(C)C(C)(C)C)C=C2CN(Cc3ccccc3)S(=O)(=O)N2C1. The fourth-order valence-electron chi connectivity index (χ4n) is 3.84. The summed E-state index contributed by atoms with van der Waals surface area (Å²) in [7, 11) is -7.63. The summed E-state index contributed by atoms with van der Waals surface area (Å²) < 4.78 is 43.6. The summed E-state index contributed by atoms with van der Waals surface area (Å²) in [6.45, 7) is 24.5. The van der Waals surface area contributed by atoms with Crippen LogP contribution in [0.25, 0.3) is 0 Å². The van der Waals surface area contributed by atoms with Crippen molar-refractivity contribution in [2.75, 3.05) is 26.3 Å². The number of fused-ring (bicyclic) bond motifs is 1. The van der Waals surface area contributed by atoms with Crippen molar-refractivity contribution in [3.05, 3.63) is 47.7 Å². The minimum Gasteiger partial charge on any atom is -0.416 e. The van der Waals surface area contributed by atoms with Crippen molar-refractivity contribution < 1.29 is 17.3 Å². The van der Waals surface area contributed by atoms with E-state index < -0.39 is 32.3 Å². The molecule has 2 heterocycles. The molecule has 0 spiro atoms. The molecule has 198 valence electrons. The Kier molecular flexibility index (Phi) is 7.68. The largest absolute Gasteiger partial charge is 0.416 e. The summed E-state index contributed by atoms with van der Waals surface area (Å²) in [6.07, 6.45) is 2.15. The van der Waals surface area contributed by atoms with Crippen molar-refractivity contribution in [3.8, 4) is 0 Å². The monoisotopic (exact) mass is 538 g/mol. The van der Waals surface area contributed by atoms with Crippen LogP contribution in [-0.4, -0.2) is 60.0 Å². The Morgan fingerprint density at radius 2 is 1.37 bits per heavy atom. The summed E-state index contributed by atoms with van der Waals surface area (Å²) >= 11 is 0. The van der Waals surface area contributed by atoms with Crippen LogP contribution >= 0.6 is 0 Å².